The average molecular weight is 213 g/mol. The van der Waals surface area contributed by atoms with Gasteiger partial charge in [-0.05, 0) is 30.5 Å². The van der Waals surface area contributed by atoms with Crippen molar-refractivity contribution in [1.82, 2.24) is 0 Å². The van der Waals surface area contributed by atoms with Crippen molar-refractivity contribution in [2.75, 3.05) is 0 Å². The Morgan fingerprint density at radius 1 is 1.57 bits per heavy atom. The minimum atomic E-state index is -0.480. The van der Waals surface area contributed by atoms with Crippen molar-refractivity contribution in [2.24, 2.45) is 11.8 Å². The zero-order chi connectivity index (χ0) is 10.3. The van der Waals surface area contributed by atoms with Gasteiger partial charge in [-0.15, -0.1) is 0 Å². The van der Waals surface area contributed by atoms with Gasteiger partial charge in [-0.3, -0.25) is 4.79 Å². The Morgan fingerprint density at radius 3 is 2.71 bits per heavy atom. The van der Waals surface area contributed by atoms with Crippen molar-refractivity contribution in [2.45, 2.75) is 13.3 Å². The van der Waals surface area contributed by atoms with E-state index in [1.54, 1.807) is 0 Å². The van der Waals surface area contributed by atoms with Crippen LogP contribution in [-0.4, -0.2) is 5.78 Å². The summed E-state index contributed by atoms with van der Waals surface area (Å²) in [6.45, 7) is 2.04. The van der Waals surface area contributed by atoms with E-state index in [4.69, 9.17) is 11.6 Å². The van der Waals surface area contributed by atoms with Crippen LogP contribution in [0.25, 0.3) is 0 Å². The number of hydrogen-bond acceptors (Lipinski definition) is 1. The summed E-state index contributed by atoms with van der Waals surface area (Å²) in [4.78, 5) is 11.7. The predicted octanol–water partition coefficient (Wildman–Crippen LogP) is 3.32. The number of rotatable bonds is 2. The fourth-order valence-corrected chi connectivity index (χ4v) is 1.73. The van der Waals surface area contributed by atoms with Gasteiger partial charge in [0.1, 0.15) is 5.82 Å². The summed E-state index contributed by atoms with van der Waals surface area (Å²) < 4.78 is 12.8. The first kappa shape index (κ1) is 9.66. The van der Waals surface area contributed by atoms with Gasteiger partial charge in [0, 0.05) is 11.5 Å². The van der Waals surface area contributed by atoms with Crippen LogP contribution in [0.5, 0.6) is 0 Å². The number of benzene rings is 1. The Hall–Kier alpha value is -0.890. The second-order valence-electron chi connectivity index (χ2n) is 3.81. The van der Waals surface area contributed by atoms with Gasteiger partial charge in [0.05, 0.1) is 5.02 Å². The molecule has 2 unspecified atom stereocenters. The van der Waals surface area contributed by atoms with Crippen molar-refractivity contribution in [3.8, 4) is 0 Å². The van der Waals surface area contributed by atoms with Crippen molar-refractivity contribution >= 4 is 17.4 Å². The van der Waals surface area contributed by atoms with E-state index in [-0.39, 0.29) is 16.7 Å². The average Bonchev–Trinajstić information content (AvgIpc) is 2.86. The number of hydrogen-bond donors (Lipinski definition) is 0. The van der Waals surface area contributed by atoms with Gasteiger partial charge in [-0.1, -0.05) is 18.5 Å². The van der Waals surface area contributed by atoms with Crippen LogP contribution in [0.2, 0.25) is 5.02 Å². The third-order valence-corrected chi connectivity index (χ3v) is 2.94. The van der Waals surface area contributed by atoms with Crippen molar-refractivity contribution in [3.05, 3.63) is 34.6 Å². The minimum absolute atomic E-state index is 0.0177. The Balaban J connectivity index is 2.24. The zero-order valence-corrected chi connectivity index (χ0v) is 8.51. The molecule has 0 amide bonds. The molecule has 0 spiro atoms. The lowest BCUT2D eigenvalue weighted by molar-refractivity contribution is 0.0962. The maximum absolute atomic E-state index is 12.8. The van der Waals surface area contributed by atoms with E-state index in [0.717, 1.165) is 6.42 Å². The molecule has 1 aliphatic carbocycles. The van der Waals surface area contributed by atoms with Crippen LogP contribution >= 0.6 is 11.6 Å². The van der Waals surface area contributed by atoms with Crippen LogP contribution in [0.1, 0.15) is 23.7 Å². The number of halogens is 2. The molecule has 1 aromatic carbocycles. The summed E-state index contributed by atoms with van der Waals surface area (Å²) in [6, 6.07) is 4.14. The van der Waals surface area contributed by atoms with E-state index >= 15 is 0 Å². The highest BCUT2D eigenvalue weighted by molar-refractivity contribution is 6.31. The molecule has 14 heavy (non-hydrogen) atoms. The van der Waals surface area contributed by atoms with E-state index in [2.05, 4.69) is 0 Å². The van der Waals surface area contributed by atoms with Gasteiger partial charge in [-0.25, -0.2) is 4.39 Å². The molecule has 3 heteroatoms. The van der Waals surface area contributed by atoms with Crippen LogP contribution in [0.4, 0.5) is 4.39 Å². The molecule has 1 aromatic rings. The van der Waals surface area contributed by atoms with Gasteiger partial charge in [-0.2, -0.15) is 0 Å². The second-order valence-corrected chi connectivity index (χ2v) is 4.22. The molecular weight excluding hydrogens is 203 g/mol. The Labute approximate surface area is 86.9 Å². The second kappa shape index (κ2) is 3.35. The highest BCUT2D eigenvalue weighted by Gasteiger charge is 2.39. The van der Waals surface area contributed by atoms with E-state index in [1.165, 1.54) is 18.2 Å². The smallest absolute Gasteiger partial charge is 0.166 e. The van der Waals surface area contributed by atoms with Crippen molar-refractivity contribution in [1.29, 1.82) is 0 Å². The van der Waals surface area contributed by atoms with Crippen molar-refractivity contribution < 1.29 is 9.18 Å². The molecule has 74 valence electrons. The highest BCUT2D eigenvalue weighted by Crippen LogP contribution is 2.40. The van der Waals surface area contributed by atoms with E-state index in [9.17, 15) is 9.18 Å². The lowest BCUT2D eigenvalue weighted by Crippen LogP contribution is -2.02. The summed E-state index contributed by atoms with van der Waals surface area (Å²) in [7, 11) is 0. The summed E-state index contributed by atoms with van der Waals surface area (Å²) in [5, 5.41) is 0.0177. The summed E-state index contributed by atoms with van der Waals surface area (Å²) >= 11 is 5.59. The summed E-state index contributed by atoms with van der Waals surface area (Å²) in [5.74, 6) is 0.189. The van der Waals surface area contributed by atoms with Crippen LogP contribution in [0.3, 0.4) is 0 Å². The molecule has 0 bridgehead atoms. The molecule has 1 fully saturated rings. The van der Waals surface area contributed by atoms with Crippen LogP contribution in [0.15, 0.2) is 18.2 Å². The van der Waals surface area contributed by atoms with Gasteiger partial charge < -0.3 is 0 Å². The molecule has 0 aliphatic heterocycles. The number of carbonyl (C=O) groups is 1. The van der Waals surface area contributed by atoms with Crippen molar-refractivity contribution in [3.63, 3.8) is 0 Å². The topological polar surface area (TPSA) is 17.1 Å². The molecule has 0 aromatic heterocycles. The SMILES string of the molecule is CC1CC1C(=O)c1ccc(F)c(Cl)c1. The first-order valence-electron chi connectivity index (χ1n) is 4.59. The lowest BCUT2D eigenvalue weighted by Gasteiger charge is -2.00. The predicted molar refractivity (Wildman–Crippen MR) is 53.0 cm³/mol. The fraction of sp³-hybridized carbons (Fsp3) is 0.364. The number of Topliss-reactive ketones (excluding diaryl/α,β-unsaturated/α-hetero) is 1. The Bertz CT molecular complexity index is 389. The van der Waals surface area contributed by atoms with Crippen LogP contribution in [-0.2, 0) is 0 Å². The summed E-state index contributed by atoms with van der Waals surface area (Å²) in [6.07, 6.45) is 0.938. The largest absolute Gasteiger partial charge is 0.294 e. The number of carbonyl (C=O) groups excluding carboxylic acids is 1. The molecule has 1 saturated carbocycles. The maximum Gasteiger partial charge on any atom is 0.166 e. The first-order valence-corrected chi connectivity index (χ1v) is 4.96. The third kappa shape index (κ3) is 1.67. The number of ketones is 1. The quantitative estimate of drug-likeness (QED) is 0.688. The first-order chi connectivity index (χ1) is 6.59. The molecule has 1 aliphatic rings. The molecule has 1 nitrogen and oxygen atoms in total. The monoisotopic (exact) mass is 212 g/mol. The van der Waals surface area contributed by atoms with Gasteiger partial charge in [0.25, 0.3) is 0 Å². The van der Waals surface area contributed by atoms with Gasteiger partial charge >= 0.3 is 0 Å². The fourth-order valence-electron chi connectivity index (χ4n) is 1.55. The molecule has 0 saturated heterocycles. The molecule has 2 rings (SSSR count). The maximum atomic E-state index is 12.8. The van der Waals surface area contributed by atoms with Crippen LogP contribution in [0, 0.1) is 17.7 Å². The standard InChI is InChI=1S/C11H10ClFO/c1-6-4-8(6)11(14)7-2-3-10(13)9(12)5-7/h2-3,5-6,8H,4H2,1H3. The summed E-state index contributed by atoms with van der Waals surface area (Å²) in [5.41, 5.74) is 0.519. The van der Waals surface area contributed by atoms with E-state index in [1.807, 2.05) is 6.92 Å². The van der Waals surface area contributed by atoms with Gasteiger partial charge in [0.2, 0.25) is 0 Å². The molecule has 0 N–H and O–H groups in total. The highest BCUT2D eigenvalue weighted by atomic mass is 35.5. The van der Waals surface area contributed by atoms with E-state index < -0.39 is 5.82 Å². The Kier molecular flexibility index (Phi) is 2.31. The third-order valence-electron chi connectivity index (χ3n) is 2.65. The minimum Gasteiger partial charge on any atom is -0.294 e. The zero-order valence-electron chi connectivity index (χ0n) is 7.76. The van der Waals surface area contributed by atoms with E-state index in [0.29, 0.717) is 11.5 Å². The molecule has 0 heterocycles. The van der Waals surface area contributed by atoms with Crippen LogP contribution < -0.4 is 0 Å². The molecular formula is C11H10ClFO. The lowest BCUT2D eigenvalue weighted by atomic mass is 10.1. The van der Waals surface area contributed by atoms with Gasteiger partial charge in [0.15, 0.2) is 5.78 Å². The normalized spacial score (nSPS) is 24.8. The molecule has 0 radical (unpaired) electrons. The Morgan fingerprint density at radius 2 is 2.21 bits per heavy atom. The molecule has 2 atom stereocenters.